The summed E-state index contributed by atoms with van der Waals surface area (Å²) in [4.78, 5) is 40.1. The van der Waals surface area contributed by atoms with E-state index in [1.165, 1.54) is 13.8 Å². The van der Waals surface area contributed by atoms with Crippen molar-refractivity contribution in [1.29, 1.82) is 0 Å². The van der Waals surface area contributed by atoms with Crippen molar-refractivity contribution in [3.8, 4) is 0 Å². The number of hydrogen-bond donors (Lipinski definition) is 5. The Hall–Kier alpha value is -0.990. The Morgan fingerprint density at radius 3 is 2.33 bits per heavy atom. The largest absolute Gasteiger partial charge is 0.469 e. The molecule has 0 aromatic heterocycles. The van der Waals surface area contributed by atoms with Gasteiger partial charge in [0.05, 0.1) is 6.61 Å². The third-order valence-electron chi connectivity index (χ3n) is 2.62. The van der Waals surface area contributed by atoms with Crippen molar-refractivity contribution in [3.63, 3.8) is 0 Å². The van der Waals surface area contributed by atoms with Crippen LogP contribution in [0, 0.1) is 5.41 Å². The zero-order chi connectivity index (χ0) is 16.7. The van der Waals surface area contributed by atoms with Crippen LogP contribution in [0.4, 0.5) is 0 Å². The zero-order valence-electron chi connectivity index (χ0n) is 12.3. The molecule has 0 saturated carbocycles. The topological polar surface area (TPSA) is 145 Å². The summed E-state index contributed by atoms with van der Waals surface area (Å²) in [6, 6.07) is 0. The predicted octanol–water partition coefficient (Wildman–Crippen LogP) is -0.875. The molecule has 21 heavy (non-hydrogen) atoms. The summed E-state index contributed by atoms with van der Waals surface area (Å²) in [5.74, 6) is -0.963. The van der Waals surface area contributed by atoms with Crippen LogP contribution in [-0.2, 0) is 18.7 Å². The maximum Gasteiger partial charge on any atom is 0.469 e. The Balaban J connectivity index is 4.29. The van der Waals surface area contributed by atoms with Crippen LogP contribution in [-0.4, -0.2) is 52.5 Å². The SMILES string of the molecule is CCNC(=O)CCNC(=O)C(O)C(C)(C)COP(=O)(O)O. The molecule has 0 rings (SSSR count). The maximum absolute atomic E-state index is 11.7. The fourth-order valence-corrected chi connectivity index (χ4v) is 1.87. The van der Waals surface area contributed by atoms with Gasteiger partial charge in [0.1, 0.15) is 6.10 Å². The number of aliphatic hydroxyl groups excluding tert-OH is 1. The van der Waals surface area contributed by atoms with Crippen LogP contribution in [0.3, 0.4) is 0 Å². The van der Waals surface area contributed by atoms with Crippen LogP contribution in [0.1, 0.15) is 27.2 Å². The van der Waals surface area contributed by atoms with Gasteiger partial charge in [0.25, 0.3) is 0 Å². The molecule has 0 aromatic rings. The summed E-state index contributed by atoms with van der Waals surface area (Å²) >= 11 is 0. The number of rotatable bonds is 9. The normalized spacial score (nSPS) is 13.6. The minimum atomic E-state index is -4.67. The first-order chi connectivity index (χ1) is 9.49. The minimum absolute atomic E-state index is 0.0527. The third kappa shape index (κ3) is 8.79. The van der Waals surface area contributed by atoms with Crippen molar-refractivity contribution < 1.29 is 33.6 Å². The fraction of sp³-hybridized carbons (Fsp3) is 0.818. The summed E-state index contributed by atoms with van der Waals surface area (Å²) in [5, 5.41) is 14.8. The van der Waals surface area contributed by atoms with Gasteiger partial charge in [-0.3, -0.25) is 14.1 Å². The van der Waals surface area contributed by atoms with Gasteiger partial charge in [-0.05, 0) is 6.92 Å². The molecule has 0 aliphatic rings. The quantitative estimate of drug-likeness (QED) is 0.346. The van der Waals surface area contributed by atoms with Gasteiger partial charge in [0.15, 0.2) is 0 Å². The van der Waals surface area contributed by atoms with Crippen LogP contribution in [0.2, 0.25) is 0 Å². The van der Waals surface area contributed by atoms with E-state index in [0.717, 1.165) is 0 Å². The Morgan fingerprint density at radius 2 is 1.86 bits per heavy atom. The monoisotopic (exact) mass is 326 g/mol. The number of nitrogens with one attached hydrogen (secondary N) is 2. The average molecular weight is 326 g/mol. The van der Waals surface area contributed by atoms with Gasteiger partial charge < -0.3 is 25.5 Å². The molecular weight excluding hydrogens is 303 g/mol. The predicted molar refractivity (Wildman–Crippen MR) is 74.1 cm³/mol. The molecule has 0 aromatic carbocycles. The van der Waals surface area contributed by atoms with E-state index in [9.17, 15) is 19.3 Å². The number of hydrogen-bond acceptors (Lipinski definition) is 5. The smallest absolute Gasteiger partial charge is 0.383 e. The lowest BCUT2D eigenvalue weighted by molar-refractivity contribution is -0.137. The highest BCUT2D eigenvalue weighted by Crippen LogP contribution is 2.38. The van der Waals surface area contributed by atoms with Crippen molar-refractivity contribution in [2.24, 2.45) is 5.41 Å². The average Bonchev–Trinajstić information content (AvgIpc) is 2.35. The number of phosphoric ester groups is 1. The van der Waals surface area contributed by atoms with Gasteiger partial charge in [-0.2, -0.15) is 0 Å². The van der Waals surface area contributed by atoms with Gasteiger partial charge >= 0.3 is 7.82 Å². The second-order valence-electron chi connectivity index (χ2n) is 5.15. The highest BCUT2D eigenvalue weighted by molar-refractivity contribution is 7.46. The van der Waals surface area contributed by atoms with E-state index in [0.29, 0.717) is 6.54 Å². The fourth-order valence-electron chi connectivity index (χ4n) is 1.37. The number of aliphatic hydroxyl groups is 1. The van der Waals surface area contributed by atoms with Crippen LogP contribution in [0.5, 0.6) is 0 Å². The molecule has 2 amide bonds. The highest BCUT2D eigenvalue weighted by Gasteiger charge is 2.35. The summed E-state index contributed by atoms with van der Waals surface area (Å²) in [7, 11) is -4.67. The summed E-state index contributed by atoms with van der Waals surface area (Å²) < 4.78 is 14.9. The third-order valence-corrected chi connectivity index (χ3v) is 3.08. The number of carbonyl (C=O) groups is 2. The molecule has 0 aliphatic heterocycles. The molecule has 1 unspecified atom stereocenters. The van der Waals surface area contributed by atoms with Crippen molar-refractivity contribution in [1.82, 2.24) is 10.6 Å². The Bertz CT molecular complexity index is 407. The molecule has 10 heteroatoms. The van der Waals surface area contributed by atoms with Crippen LogP contribution in [0.15, 0.2) is 0 Å². The second kappa shape index (κ2) is 8.45. The summed E-state index contributed by atoms with van der Waals surface area (Å²) in [6.07, 6.45) is -1.45. The lowest BCUT2D eigenvalue weighted by atomic mass is 9.87. The first kappa shape index (κ1) is 20.0. The number of amides is 2. The van der Waals surface area contributed by atoms with Gasteiger partial charge in [0.2, 0.25) is 11.8 Å². The molecule has 0 spiro atoms. The molecule has 5 N–H and O–H groups in total. The van der Waals surface area contributed by atoms with Crippen molar-refractivity contribution in [3.05, 3.63) is 0 Å². The van der Waals surface area contributed by atoms with E-state index < -0.39 is 31.9 Å². The Labute approximate surface area is 123 Å². The molecule has 0 fully saturated rings. The minimum Gasteiger partial charge on any atom is -0.383 e. The van der Waals surface area contributed by atoms with Crippen molar-refractivity contribution in [2.75, 3.05) is 19.7 Å². The second-order valence-corrected chi connectivity index (χ2v) is 6.39. The summed E-state index contributed by atoms with van der Waals surface area (Å²) in [6.45, 7) is 4.67. The molecular formula is C11H23N2O7P. The zero-order valence-corrected chi connectivity index (χ0v) is 13.2. The van der Waals surface area contributed by atoms with Gasteiger partial charge in [-0.1, -0.05) is 13.8 Å². The van der Waals surface area contributed by atoms with E-state index in [1.54, 1.807) is 6.92 Å². The maximum atomic E-state index is 11.7. The van der Waals surface area contributed by atoms with Gasteiger partial charge in [0, 0.05) is 24.9 Å². The lowest BCUT2D eigenvalue weighted by Gasteiger charge is -2.29. The first-order valence-corrected chi connectivity index (χ1v) is 7.95. The van der Waals surface area contributed by atoms with Crippen molar-refractivity contribution >= 4 is 19.6 Å². The molecule has 0 heterocycles. The van der Waals surface area contributed by atoms with E-state index >= 15 is 0 Å². The van der Waals surface area contributed by atoms with E-state index in [-0.39, 0.29) is 18.9 Å². The molecule has 9 nitrogen and oxygen atoms in total. The van der Waals surface area contributed by atoms with Gasteiger partial charge in [-0.15, -0.1) is 0 Å². The highest BCUT2D eigenvalue weighted by atomic mass is 31.2. The molecule has 124 valence electrons. The summed E-state index contributed by atoms with van der Waals surface area (Å²) in [5.41, 5.74) is -1.20. The van der Waals surface area contributed by atoms with Crippen molar-refractivity contribution in [2.45, 2.75) is 33.3 Å². The van der Waals surface area contributed by atoms with Gasteiger partial charge in [-0.25, -0.2) is 4.57 Å². The Morgan fingerprint density at radius 1 is 1.29 bits per heavy atom. The molecule has 0 aliphatic carbocycles. The van der Waals surface area contributed by atoms with E-state index in [1.807, 2.05) is 0 Å². The molecule has 1 atom stereocenters. The molecule has 0 radical (unpaired) electrons. The molecule has 0 bridgehead atoms. The standard InChI is InChI=1S/C11H23N2O7P/c1-4-12-8(14)5-6-13-10(16)9(15)11(2,3)7-20-21(17,18)19/h9,15H,4-7H2,1-3H3,(H,12,14)(H,13,16)(H2,17,18,19). The Kier molecular flexibility index (Phi) is 8.05. The molecule has 0 saturated heterocycles. The number of carbonyl (C=O) groups excluding carboxylic acids is 2. The lowest BCUT2D eigenvalue weighted by Crippen LogP contribution is -2.46. The van der Waals surface area contributed by atoms with E-state index in [4.69, 9.17) is 9.79 Å². The number of phosphoric acid groups is 1. The first-order valence-electron chi connectivity index (χ1n) is 6.42. The van der Waals surface area contributed by atoms with Crippen LogP contribution < -0.4 is 10.6 Å². The van der Waals surface area contributed by atoms with Crippen LogP contribution >= 0.6 is 7.82 Å². The van der Waals surface area contributed by atoms with E-state index in [2.05, 4.69) is 15.2 Å². The van der Waals surface area contributed by atoms with Crippen LogP contribution in [0.25, 0.3) is 0 Å².